The fourth-order valence-electron chi connectivity index (χ4n) is 5.22. The number of nitrogens with zero attached hydrogens (tertiary/aromatic N) is 3. The molecule has 0 saturated carbocycles. The maximum absolute atomic E-state index is 14.0. The summed E-state index contributed by atoms with van der Waals surface area (Å²) in [4.78, 5) is 26.3. The summed E-state index contributed by atoms with van der Waals surface area (Å²) in [6, 6.07) is 9.69. The second-order valence-corrected chi connectivity index (χ2v) is 9.24. The summed E-state index contributed by atoms with van der Waals surface area (Å²) in [7, 11) is 0. The van der Waals surface area contributed by atoms with Crippen LogP contribution in [-0.4, -0.2) is 46.1 Å². The zero-order valence-electron chi connectivity index (χ0n) is 20.1. The number of nitrogens with one attached hydrogen (secondary N) is 1. The molecule has 37 heavy (non-hydrogen) atoms. The first-order chi connectivity index (χ1) is 17.9. The monoisotopic (exact) mass is 507 g/mol. The summed E-state index contributed by atoms with van der Waals surface area (Å²) in [5.74, 6) is -1.48. The van der Waals surface area contributed by atoms with Crippen LogP contribution in [0, 0.1) is 17.6 Å². The number of piperidine rings is 1. The van der Waals surface area contributed by atoms with Crippen LogP contribution in [0.4, 0.5) is 14.5 Å². The zero-order chi connectivity index (χ0) is 26.1. The Morgan fingerprint density at radius 1 is 1.11 bits per heavy atom. The highest BCUT2D eigenvalue weighted by atomic mass is 19.1. The maximum atomic E-state index is 14.0. The van der Waals surface area contributed by atoms with E-state index in [0.29, 0.717) is 42.7 Å². The van der Waals surface area contributed by atoms with Crippen LogP contribution in [0.25, 0.3) is 5.69 Å². The van der Waals surface area contributed by atoms with Gasteiger partial charge in [-0.2, -0.15) is 5.10 Å². The first-order valence-corrected chi connectivity index (χ1v) is 12.2. The minimum atomic E-state index is -0.809. The molecule has 1 fully saturated rings. The molecule has 192 valence electrons. The lowest BCUT2D eigenvalue weighted by molar-refractivity contribution is -0.127. The Balaban J connectivity index is 1.41. The second kappa shape index (κ2) is 10.0. The number of primary amides is 1. The first kappa shape index (κ1) is 24.5. The van der Waals surface area contributed by atoms with Gasteiger partial charge in [-0.05, 0) is 67.7 Å². The van der Waals surface area contributed by atoms with Gasteiger partial charge in [0.05, 0.1) is 17.1 Å². The fraction of sp³-hybridized carbons (Fsp3) is 0.296. The van der Waals surface area contributed by atoms with Gasteiger partial charge in [-0.15, -0.1) is 0 Å². The molecule has 10 heteroatoms. The van der Waals surface area contributed by atoms with Crippen LogP contribution in [0.1, 0.15) is 41.4 Å². The van der Waals surface area contributed by atoms with E-state index in [2.05, 4.69) is 11.9 Å². The number of fused-ring (bicyclic) bond motifs is 1. The zero-order valence-corrected chi connectivity index (χ0v) is 20.1. The van der Waals surface area contributed by atoms with Crippen molar-refractivity contribution >= 4 is 17.5 Å². The number of ether oxygens (including phenoxy) is 1. The summed E-state index contributed by atoms with van der Waals surface area (Å²) in [6.07, 6.45) is 3.89. The normalized spacial score (nSPS) is 17.6. The van der Waals surface area contributed by atoms with Crippen LogP contribution in [0.2, 0.25) is 0 Å². The van der Waals surface area contributed by atoms with Gasteiger partial charge in [0.1, 0.15) is 11.6 Å². The highest BCUT2D eigenvalue weighted by molar-refractivity contribution is 5.98. The molecule has 1 aromatic heterocycles. The molecule has 2 aliphatic heterocycles. The lowest BCUT2D eigenvalue weighted by Crippen LogP contribution is -2.39. The van der Waals surface area contributed by atoms with Crippen molar-refractivity contribution in [3.8, 4) is 17.2 Å². The minimum absolute atomic E-state index is 0.0562. The van der Waals surface area contributed by atoms with E-state index >= 15 is 0 Å². The molecule has 2 amide bonds. The number of carbonyl (C=O) groups is 2. The Hall–Kier alpha value is -4.21. The van der Waals surface area contributed by atoms with E-state index in [-0.39, 0.29) is 23.3 Å². The second-order valence-electron chi connectivity index (χ2n) is 9.24. The van der Waals surface area contributed by atoms with Gasteiger partial charge in [0, 0.05) is 31.6 Å². The molecule has 0 radical (unpaired) electrons. The number of hydrogen-bond acceptors (Lipinski definition) is 5. The van der Waals surface area contributed by atoms with Crippen molar-refractivity contribution in [2.24, 2.45) is 11.7 Å². The average Bonchev–Trinajstić information content (AvgIpc) is 3.30. The summed E-state index contributed by atoms with van der Waals surface area (Å²) in [5, 5.41) is 8.12. The van der Waals surface area contributed by atoms with Crippen LogP contribution in [0.5, 0.6) is 11.5 Å². The lowest BCUT2D eigenvalue weighted by Gasteiger charge is -2.37. The number of benzene rings is 2. The van der Waals surface area contributed by atoms with Gasteiger partial charge in [-0.3, -0.25) is 9.59 Å². The van der Waals surface area contributed by atoms with Crippen molar-refractivity contribution in [3.05, 3.63) is 78.1 Å². The molecule has 3 aromatic rings. The molecule has 0 spiro atoms. The average molecular weight is 508 g/mol. The van der Waals surface area contributed by atoms with Crippen LogP contribution in [-0.2, 0) is 4.79 Å². The number of rotatable bonds is 6. The molecule has 3 heterocycles. The molecule has 0 aliphatic carbocycles. The predicted octanol–water partition coefficient (Wildman–Crippen LogP) is 4.37. The van der Waals surface area contributed by atoms with Gasteiger partial charge < -0.3 is 20.7 Å². The van der Waals surface area contributed by atoms with Gasteiger partial charge in [0.25, 0.3) is 5.91 Å². The lowest BCUT2D eigenvalue weighted by atomic mass is 9.78. The quantitative estimate of drug-likeness (QED) is 0.483. The Kier molecular flexibility index (Phi) is 6.64. The molecule has 2 aliphatic rings. The predicted molar refractivity (Wildman–Crippen MR) is 134 cm³/mol. The van der Waals surface area contributed by atoms with E-state index in [0.717, 1.165) is 37.1 Å². The molecular formula is C27H27F2N5O3. The Morgan fingerprint density at radius 2 is 1.84 bits per heavy atom. The van der Waals surface area contributed by atoms with Crippen molar-refractivity contribution in [1.29, 1.82) is 0 Å². The number of anilines is 1. The van der Waals surface area contributed by atoms with Crippen molar-refractivity contribution in [3.63, 3.8) is 0 Å². The Bertz CT molecular complexity index is 1350. The third kappa shape index (κ3) is 4.78. The van der Waals surface area contributed by atoms with Gasteiger partial charge in [-0.25, -0.2) is 13.5 Å². The number of carbonyl (C=O) groups excluding carboxylic acids is 2. The van der Waals surface area contributed by atoms with E-state index in [1.807, 2.05) is 0 Å². The van der Waals surface area contributed by atoms with Gasteiger partial charge in [0.15, 0.2) is 17.3 Å². The molecule has 2 aromatic carbocycles. The van der Waals surface area contributed by atoms with E-state index in [4.69, 9.17) is 15.6 Å². The highest BCUT2D eigenvalue weighted by Crippen LogP contribution is 2.42. The summed E-state index contributed by atoms with van der Waals surface area (Å²) in [5.41, 5.74) is 8.06. The summed E-state index contributed by atoms with van der Waals surface area (Å²) in [6.45, 7) is 5.58. The topological polar surface area (TPSA) is 102 Å². The third-order valence-corrected chi connectivity index (χ3v) is 7.05. The van der Waals surface area contributed by atoms with E-state index in [9.17, 15) is 18.4 Å². The molecule has 0 bridgehead atoms. The minimum Gasteiger partial charge on any atom is -0.454 e. The Morgan fingerprint density at radius 3 is 2.49 bits per heavy atom. The van der Waals surface area contributed by atoms with Gasteiger partial charge in [-0.1, -0.05) is 6.58 Å². The van der Waals surface area contributed by atoms with Crippen molar-refractivity contribution in [2.45, 2.75) is 25.2 Å². The van der Waals surface area contributed by atoms with E-state index in [1.165, 1.54) is 16.8 Å². The third-order valence-electron chi connectivity index (χ3n) is 7.05. The summed E-state index contributed by atoms with van der Waals surface area (Å²) < 4.78 is 34.2. The molecule has 5 rings (SSSR count). The largest absolute Gasteiger partial charge is 0.454 e. The van der Waals surface area contributed by atoms with Crippen LogP contribution < -0.4 is 15.8 Å². The van der Waals surface area contributed by atoms with Gasteiger partial charge in [0.2, 0.25) is 5.91 Å². The summed E-state index contributed by atoms with van der Waals surface area (Å²) >= 11 is 0. The number of aromatic nitrogens is 2. The molecule has 1 saturated heterocycles. The molecule has 0 unspecified atom stereocenters. The number of halogens is 2. The molecule has 1 atom stereocenters. The van der Waals surface area contributed by atoms with Crippen LogP contribution in [0.15, 0.2) is 55.1 Å². The van der Waals surface area contributed by atoms with E-state index in [1.54, 1.807) is 29.2 Å². The van der Waals surface area contributed by atoms with Crippen LogP contribution in [0.3, 0.4) is 0 Å². The molecule has 3 N–H and O–H groups in total. The van der Waals surface area contributed by atoms with E-state index < -0.39 is 17.5 Å². The van der Waals surface area contributed by atoms with Crippen molar-refractivity contribution in [1.82, 2.24) is 14.7 Å². The Labute approximate surface area is 212 Å². The number of likely N-dealkylation sites (tertiary alicyclic amines) is 1. The highest BCUT2D eigenvalue weighted by Gasteiger charge is 2.36. The fourth-order valence-corrected chi connectivity index (χ4v) is 5.22. The maximum Gasteiger partial charge on any atom is 0.269 e. The molecular weight excluding hydrogens is 480 g/mol. The smallest absolute Gasteiger partial charge is 0.269 e. The van der Waals surface area contributed by atoms with Crippen LogP contribution >= 0.6 is 0 Å². The molecule has 8 nitrogen and oxygen atoms in total. The van der Waals surface area contributed by atoms with Crippen molar-refractivity contribution < 1.29 is 23.1 Å². The van der Waals surface area contributed by atoms with Crippen molar-refractivity contribution in [2.75, 3.05) is 25.0 Å². The number of nitrogens with two attached hydrogens (primary N) is 1. The standard InChI is InChI=1S/C27H27F2N5O3/c1-2-23(35)33-13-10-16(11-14-33)20-9-12-31-25-24(20)32-34(26(25)27(30)36)18-4-6-19(7-5-18)37-22-8-3-17(28)15-21(22)29/h2-8,15-16,20,31H,1,9-14H2,(H2,30,36)/t20-/m1/s1. The SMILES string of the molecule is C=CC(=O)N1CCC([C@H]2CCNc3c2nn(-c2ccc(Oc4ccc(F)cc4F)cc2)c3C(N)=O)CC1. The number of hydrogen-bond donors (Lipinski definition) is 2. The first-order valence-electron chi connectivity index (χ1n) is 12.2. The van der Waals surface area contributed by atoms with Gasteiger partial charge >= 0.3 is 0 Å². The number of amides is 2.